The molecule has 7 heteroatoms. The molecule has 1 N–H and O–H groups in total. The smallest absolute Gasteiger partial charge is 0.274 e. The van der Waals surface area contributed by atoms with Crippen LogP contribution >= 0.6 is 11.3 Å². The van der Waals surface area contributed by atoms with Gasteiger partial charge in [-0.3, -0.25) is 5.41 Å². The molecule has 0 aliphatic carbocycles. The van der Waals surface area contributed by atoms with Crippen molar-refractivity contribution in [3.05, 3.63) is 9.81 Å². The number of aryl methyl sites for hydroxylation is 1. The maximum atomic E-state index is 11.8. The molecule has 0 aliphatic heterocycles. The zero-order chi connectivity index (χ0) is 8.65. The average molecular weight is 183 g/mol. The number of nitrogens with zero attached hydrogens (tertiary/aromatic N) is 2. The fourth-order valence-corrected chi connectivity index (χ4v) is 1.11. The summed E-state index contributed by atoms with van der Waals surface area (Å²) in [5, 5.41) is 9.06. The van der Waals surface area contributed by atoms with Gasteiger partial charge in [0.1, 0.15) is 0 Å². The van der Waals surface area contributed by atoms with Crippen molar-refractivity contribution < 1.29 is 13.2 Å². The summed E-state index contributed by atoms with van der Waals surface area (Å²) in [5.74, 6) is 0. The fraction of sp³-hybridized carbons (Fsp3) is 0.500. The predicted molar refractivity (Wildman–Crippen MR) is 31.9 cm³/mol. The van der Waals surface area contributed by atoms with E-state index in [9.17, 15) is 13.2 Å². The number of aromatic nitrogens is 2. The van der Waals surface area contributed by atoms with Gasteiger partial charge in [-0.05, 0) is 0 Å². The molecule has 1 aromatic heterocycles. The summed E-state index contributed by atoms with van der Waals surface area (Å²) < 4.78 is 36.4. The van der Waals surface area contributed by atoms with Crippen molar-refractivity contribution in [2.24, 2.45) is 7.05 Å². The summed E-state index contributed by atoms with van der Waals surface area (Å²) >= 11 is 0.315. The molecule has 0 saturated carbocycles. The molecule has 0 aromatic carbocycles. The average Bonchev–Trinajstić information content (AvgIpc) is 2.11. The lowest BCUT2D eigenvalue weighted by Gasteiger charge is -1.97. The highest BCUT2D eigenvalue weighted by atomic mass is 32.1. The summed E-state index contributed by atoms with van der Waals surface area (Å²) in [7, 11) is 1.30. The molecule has 0 aliphatic rings. The van der Waals surface area contributed by atoms with Crippen molar-refractivity contribution in [2.45, 2.75) is 6.18 Å². The van der Waals surface area contributed by atoms with E-state index in [-0.39, 0.29) is 4.80 Å². The summed E-state index contributed by atoms with van der Waals surface area (Å²) in [6.45, 7) is 0. The summed E-state index contributed by atoms with van der Waals surface area (Å²) in [5.41, 5.74) is 0. The van der Waals surface area contributed by atoms with Crippen molar-refractivity contribution in [1.82, 2.24) is 9.78 Å². The zero-order valence-electron chi connectivity index (χ0n) is 5.44. The lowest BCUT2D eigenvalue weighted by molar-refractivity contribution is -0.138. The van der Waals surface area contributed by atoms with E-state index in [4.69, 9.17) is 5.41 Å². The van der Waals surface area contributed by atoms with E-state index in [1.54, 1.807) is 0 Å². The maximum Gasteiger partial charge on any atom is 0.445 e. The van der Waals surface area contributed by atoms with E-state index in [1.165, 1.54) is 7.05 Å². The van der Waals surface area contributed by atoms with Crippen LogP contribution in [-0.4, -0.2) is 9.78 Å². The molecular formula is C4H4F3N3S. The highest BCUT2D eigenvalue weighted by molar-refractivity contribution is 7.08. The Labute approximate surface area is 63.6 Å². The van der Waals surface area contributed by atoms with Crippen LogP contribution in [0, 0.1) is 5.41 Å². The first kappa shape index (κ1) is 8.25. The first-order valence-electron chi connectivity index (χ1n) is 2.57. The number of halogens is 3. The molecule has 11 heavy (non-hydrogen) atoms. The van der Waals surface area contributed by atoms with E-state index >= 15 is 0 Å². The minimum absolute atomic E-state index is 0.211. The van der Waals surface area contributed by atoms with Crippen LogP contribution in [0.4, 0.5) is 13.2 Å². The molecule has 0 saturated heterocycles. The van der Waals surface area contributed by atoms with Crippen LogP contribution in [0.5, 0.6) is 0 Å². The fourth-order valence-electron chi connectivity index (χ4n) is 0.474. The van der Waals surface area contributed by atoms with Crippen molar-refractivity contribution in [3.63, 3.8) is 0 Å². The molecule has 3 nitrogen and oxygen atoms in total. The van der Waals surface area contributed by atoms with Crippen molar-refractivity contribution in [1.29, 1.82) is 5.41 Å². The molecule has 0 amide bonds. The Balaban J connectivity index is 3.18. The van der Waals surface area contributed by atoms with Crippen LogP contribution in [0.1, 0.15) is 5.01 Å². The topological polar surface area (TPSA) is 41.7 Å². The number of alkyl halides is 3. The van der Waals surface area contributed by atoms with Crippen LogP contribution in [-0.2, 0) is 13.2 Å². The lowest BCUT2D eigenvalue weighted by Crippen LogP contribution is -2.10. The van der Waals surface area contributed by atoms with Crippen LogP contribution < -0.4 is 4.80 Å². The maximum absolute atomic E-state index is 11.8. The predicted octanol–water partition coefficient (Wildman–Crippen LogP) is 0.980. The SMILES string of the molecule is Cn1nc(C(F)(F)F)sc1=N. The first-order valence-corrected chi connectivity index (χ1v) is 3.39. The number of nitrogens with one attached hydrogen (secondary N) is 1. The number of hydrogen-bond acceptors (Lipinski definition) is 3. The highest BCUT2D eigenvalue weighted by Crippen LogP contribution is 2.28. The van der Waals surface area contributed by atoms with Crippen LogP contribution in [0.15, 0.2) is 0 Å². The van der Waals surface area contributed by atoms with Gasteiger partial charge < -0.3 is 0 Å². The van der Waals surface area contributed by atoms with Crippen molar-refractivity contribution in [2.75, 3.05) is 0 Å². The molecule has 1 rings (SSSR count). The van der Waals surface area contributed by atoms with Gasteiger partial charge in [0.15, 0.2) is 4.80 Å². The molecule has 1 aromatic rings. The van der Waals surface area contributed by atoms with E-state index in [0.29, 0.717) is 11.3 Å². The summed E-state index contributed by atoms with van der Waals surface area (Å²) in [4.78, 5) is -0.211. The molecule has 0 radical (unpaired) electrons. The Morgan fingerprint density at radius 1 is 1.55 bits per heavy atom. The molecular weight excluding hydrogens is 179 g/mol. The Bertz CT molecular complexity index is 309. The summed E-state index contributed by atoms with van der Waals surface area (Å²) in [6, 6.07) is 0. The van der Waals surface area contributed by atoms with Gasteiger partial charge in [-0.25, -0.2) is 4.68 Å². The third kappa shape index (κ3) is 1.59. The van der Waals surface area contributed by atoms with Crippen molar-refractivity contribution in [3.8, 4) is 0 Å². The lowest BCUT2D eigenvalue weighted by atomic mass is 10.7. The van der Waals surface area contributed by atoms with Crippen molar-refractivity contribution >= 4 is 11.3 Å². The second kappa shape index (κ2) is 2.33. The summed E-state index contributed by atoms with van der Waals surface area (Å²) in [6.07, 6.45) is -4.43. The third-order valence-corrected chi connectivity index (χ3v) is 1.93. The molecule has 0 fully saturated rings. The van der Waals surface area contributed by atoms with Crippen LogP contribution in [0.3, 0.4) is 0 Å². The largest absolute Gasteiger partial charge is 0.445 e. The Morgan fingerprint density at radius 3 is 2.27 bits per heavy atom. The second-order valence-electron chi connectivity index (χ2n) is 1.83. The molecule has 0 unspecified atom stereocenters. The number of rotatable bonds is 0. The van der Waals surface area contributed by atoms with Gasteiger partial charge in [-0.15, -0.1) is 0 Å². The van der Waals surface area contributed by atoms with Crippen LogP contribution in [0.25, 0.3) is 0 Å². The standard InChI is InChI=1S/C4H4F3N3S/c1-10-3(8)11-2(9-10)4(5,6)7/h8H,1H3. The molecule has 0 atom stereocenters. The van der Waals surface area contributed by atoms with E-state index in [1.807, 2.05) is 0 Å². The van der Waals surface area contributed by atoms with E-state index in [2.05, 4.69) is 5.10 Å². The zero-order valence-corrected chi connectivity index (χ0v) is 6.25. The Hall–Kier alpha value is -0.850. The van der Waals surface area contributed by atoms with Crippen LogP contribution in [0.2, 0.25) is 0 Å². The van der Waals surface area contributed by atoms with E-state index in [0.717, 1.165) is 4.68 Å². The molecule has 62 valence electrons. The number of hydrogen-bond donors (Lipinski definition) is 1. The Kier molecular flexibility index (Phi) is 1.75. The van der Waals surface area contributed by atoms with E-state index < -0.39 is 11.2 Å². The quantitative estimate of drug-likeness (QED) is 0.640. The third-order valence-electron chi connectivity index (χ3n) is 0.971. The van der Waals surface area contributed by atoms with Gasteiger partial charge in [0.2, 0.25) is 5.01 Å². The molecule has 0 bridgehead atoms. The normalized spacial score (nSPS) is 12.0. The minimum Gasteiger partial charge on any atom is -0.274 e. The van der Waals surface area contributed by atoms with Gasteiger partial charge in [-0.1, -0.05) is 11.3 Å². The Morgan fingerprint density at radius 2 is 2.09 bits per heavy atom. The van der Waals surface area contributed by atoms with Gasteiger partial charge >= 0.3 is 6.18 Å². The minimum atomic E-state index is -4.43. The first-order chi connectivity index (χ1) is 4.91. The van der Waals surface area contributed by atoms with Gasteiger partial charge in [0, 0.05) is 7.05 Å². The monoisotopic (exact) mass is 183 g/mol. The van der Waals surface area contributed by atoms with Gasteiger partial charge in [-0.2, -0.15) is 18.3 Å². The van der Waals surface area contributed by atoms with Gasteiger partial charge in [0.05, 0.1) is 0 Å². The van der Waals surface area contributed by atoms with Gasteiger partial charge in [0.25, 0.3) is 0 Å². The molecule has 0 spiro atoms. The second-order valence-corrected chi connectivity index (χ2v) is 2.81. The molecule has 1 heterocycles. The highest BCUT2D eigenvalue weighted by Gasteiger charge is 2.35.